The zero-order chi connectivity index (χ0) is 9.99. The van der Waals surface area contributed by atoms with Crippen molar-refractivity contribution < 1.29 is 10.1 Å². The second-order valence-electron chi connectivity index (χ2n) is 4.94. The van der Waals surface area contributed by atoms with E-state index in [9.17, 15) is 0 Å². The van der Waals surface area contributed by atoms with Gasteiger partial charge in [0.1, 0.15) is 5.60 Å². The van der Waals surface area contributed by atoms with Crippen molar-refractivity contribution in [3.63, 3.8) is 0 Å². The van der Waals surface area contributed by atoms with Crippen LogP contribution in [0.5, 0.6) is 0 Å². The lowest BCUT2D eigenvalue weighted by atomic mass is 9.83. The molecule has 0 atom stereocenters. The highest BCUT2D eigenvalue weighted by Crippen LogP contribution is 2.30. The highest BCUT2D eigenvalue weighted by Gasteiger charge is 2.26. The molecule has 0 aliphatic heterocycles. The van der Waals surface area contributed by atoms with Crippen LogP contribution in [0.4, 0.5) is 0 Å². The second-order valence-corrected chi connectivity index (χ2v) is 4.94. The Kier molecular flexibility index (Phi) is 3.48. The average Bonchev–Trinajstić information content (AvgIpc) is 1.84. The summed E-state index contributed by atoms with van der Waals surface area (Å²) in [5, 5.41) is 8.60. The summed E-state index contributed by atoms with van der Waals surface area (Å²) >= 11 is 0. The van der Waals surface area contributed by atoms with Gasteiger partial charge in [0.15, 0.2) is 0 Å². The van der Waals surface area contributed by atoms with Crippen LogP contribution in [-0.2, 0) is 4.89 Å². The minimum atomic E-state index is -0.632. The quantitative estimate of drug-likeness (QED) is 0.402. The summed E-state index contributed by atoms with van der Waals surface area (Å²) in [7, 11) is 0. The zero-order valence-corrected chi connectivity index (χ0v) is 8.77. The minimum absolute atomic E-state index is 0.187. The van der Waals surface area contributed by atoms with Crippen LogP contribution in [0.3, 0.4) is 0 Å². The average molecular weight is 172 g/mol. The maximum Gasteiger partial charge on any atom is 0.118 e. The maximum atomic E-state index is 8.60. The molecule has 0 spiro atoms. The lowest BCUT2D eigenvalue weighted by molar-refractivity contribution is -0.301. The minimum Gasteiger partial charge on any atom is -0.251 e. The molecule has 0 bridgehead atoms. The van der Waals surface area contributed by atoms with E-state index in [0.717, 1.165) is 12.0 Å². The van der Waals surface area contributed by atoms with Gasteiger partial charge in [0.05, 0.1) is 0 Å². The second kappa shape index (κ2) is 3.58. The Morgan fingerprint density at radius 2 is 1.67 bits per heavy atom. The van der Waals surface area contributed by atoms with Crippen molar-refractivity contribution in [3.05, 3.63) is 12.2 Å². The molecule has 2 heteroatoms. The van der Waals surface area contributed by atoms with Crippen LogP contribution in [0.15, 0.2) is 12.2 Å². The van der Waals surface area contributed by atoms with Gasteiger partial charge in [-0.2, -0.15) is 0 Å². The van der Waals surface area contributed by atoms with Gasteiger partial charge in [-0.25, -0.2) is 4.89 Å². The van der Waals surface area contributed by atoms with E-state index in [-0.39, 0.29) is 5.41 Å². The molecule has 0 radical (unpaired) electrons. The molecule has 0 aliphatic rings. The highest BCUT2D eigenvalue weighted by atomic mass is 17.1. The van der Waals surface area contributed by atoms with E-state index in [2.05, 4.69) is 32.2 Å². The Morgan fingerprint density at radius 1 is 1.25 bits per heavy atom. The van der Waals surface area contributed by atoms with Crippen molar-refractivity contribution in [3.8, 4) is 0 Å². The van der Waals surface area contributed by atoms with Gasteiger partial charge in [0.2, 0.25) is 0 Å². The summed E-state index contributed by atoms with van der Waals surface area (Å²) in [6, 6.07) is 0. The van der Waals surface area contributed by atoms with E-state index in [1.165, 1.54) is 0 Å². The van der Waals surface area contributed by atoms with Crippen LogP contribution in [0, 0.1) is 5.41 Å². The van der Waals surface area contributed by atoms with Gasteiger partial charge in [-0.1, -0.05) is 27.4 Å². The van der Waals surface area contributed by atoms with Gasteiger partial charge in [-0.3, -0.25) is 5.26 Å². The van der Waals surface area contributed by atoms with Gasteiger partial charge >= 0.3 is 0 Å². The first-order valence-corrected chi connectivity index (χ1v) is 4.20. The maximum absolute atomic E-state index is 8.60. The van der Waals surface area contributed by atoms with Gasteiger partial charge in [-0.15, -0.1) is 0 Å². The van der Waals surface area contributed by atoms with Gasteiger partial charge in [-0.05, 0) is 31.3 Å². The molecule has 2 nitrogen and oxygen atoms in total. The van der Waals surface area contributed by atoms with Crippen LogP contribution in [-0.4, -0.2) is 10.9 Å². The van der Waals surface area contributed by atoms with E-state index < -0.39 is 5.60 Å². The summed E-state index contributed by atoms with van der Waals surface area (Å²) in [4.78, 5) is 4.35. The van der Waals surface area contributed by atoms with E-state index in [4.69, 9.17) is 5.26 Å². The van der Waals surface area contributed by atoms with Crippen molar-refractivity contribution in [2.45, 2.75) is 46.6 Å². The SMILES string of the molecule is C=C(CC(C)(C)C)C(C)(C)OO. The molecule has 0 saturated carbocycles. The Balaban J connectivity index is 4.23. The molecule has 72 valence electrons. The van der Waals surface area contributed by atoms with Crippen molar-refractivity contribution in [1.82, 2.24) is 0 Å². The molecule has 0 amide bonds. The van der Waals surface area contributed by atoms with E-state index >= 15 is 0 Å². The molecule has 0 heterocycles. The molecule has 0 aliphatic carbocycles. The molecule has 0 aromatic carbocycles. The zero-order valence-electron chi connectivity index (χ0n) is 8.77. The Morgan fingerprint density at radius 3 is 1.92 bits per heavy atom. The summed E-state index contributed by atoms with van der Waals surface area (Å²) in [6.45, 7) is 13.9. The molecule has 0 rings (SSSR count). The van der Waals surface area contributed by atoms with Crippen LogP contribution in [0.25, 0.3) is 0 Å². The first-order chi connectivity index (χ1) is 5.19. The fraction of sp³-hybridized carbons (Fsp3) is 0.800. The lowest BCUT2D eigenvalue weighted by Gasteiger charge is -2.28. The molecule has 0 aromatic heterocycles. The standard InChI is InChI=1S/C10H20O2/c1-8(7-9(2,3)4)10(5,6)12-11/h11H,1,7H2,2-6H3. The van der Waals surface area contributed by atoms with Crippen molar-refractivity contribution in [1.29, 1.82) is 0 Å². The Labute approximate surface area is 75.2 Å². The summed E-state index contributed by atoms with van der Waals surface area (Å²) in [5.41, 5.74) is 0.470. The van der Waals surface area contributed by atoms with Crippen LogP contribution in [0.1, 0.15) is 41.0 Å². The summed E-state index contributed by atoms with van der Waals surface area (Å²) in [6.07, 6.45) is 0.848. The Hall–Kier alpha value is -0.340. The van der Waals surface area contributed by atoms with E-state index in [1.807, 2.05) is 0 Å². The number of hydrogen-bond acceptors (Lipinski definition) is 2. The normalized spacial score (nSPS) is 13.2. The molecule has 12 heavy (non-hydrogen) atoms. The van der Waals surface area contributed by atoms with Crippen LogP contribution >= 0.6 is 0 Å². The van der Waals surface area contributed by atoms with Gasteiger partial charge < -0.3 is 0 Å². The third kappa shape index (κ3) is 3.88. The predicted molar refractivity (Wildman–Crippen MR) is 51.0 cm³/mol. The van der Waals surface area contributed by atoms with Crippen LogP contribution < -0.4 is 0 Å². The smallest absolute Gasteiger partial charge is 0.118 e. The largest absolute Gasteiger partial charge is 0.251 e. The van der Waals surface area contributed by atoms with Crippen LogP contribution in [0.2, 0.25) is 0 Å². The summed E-state index contributed by atoms with van der Waals surface area (Å²) < 4.78 is 0. The highest BCUT2D eigenvalue weighted by molar-refractivity contribution is 5.10. The first kappa shape index (κ1) is 11.7. The first-order valence-electron chi connectivity index (χ1n) is 4.20. The Bertz CT molecular complexity index is 163. The predicted octanol–water partition coefficient (Wildman–Crippen LogP) is 3.25. The third-order valence-electron chi connectivity index (χ3n) is 1.82. The molecular weight excluding hydrogens is 152 g/mol. The molecule has 0 aromatic rings. The molecule has 0 saturated heterocycles. The van der Waals surface area contributed by atoms with Crippen molar-refractivity contribution in [2.24, 2.45) is 5.41 Å². The topological polar surface area (TPSA) is 29.5 Å². The third-order valence-corrected chi connectivity index (χ3v) is 1.82. The molecule has 0 unspecified atom stereocenters. The lowest BCUT2D eigenvalue weighted by Crippen LogP contribution is -2.27. The fourth-order valence-electron chi connectivity index (χ4n) is 0.918. The number of hydrogen-bond donors (Lipinski definition) is 1. The number of rotatable bonds is 3. The van der Waals surface area contributed by atoms with E-state index in [1.54, 1.807) is 13.8 Å². The van der Waals surface area contributed by atoms with Crippen molar-refractivity contribution >= 4 is 0 Å². The van der Waals surface area contributed by atoms with Gasteiger partial charge in [0, 0.05) is 0 Å². The monoisotopic (exact) mass is 172 g/mol. The van der Waals surface area contributed by atoms with Gasteiger partial charge in [0.25, 0.3) is 0 Å². The van der Waals surface area contributed by atoms with Crippen molar-refractivity contribution in [2.75, 3.05) is 0 Å². The molecular formula is C10H20O2. The molecule has 0 fully saturated rings. The van der Waals surface area contributed by atoms with E-state index in [0.29, 0.717) is 0 Å². The summed E-state index contributed by atoms with van der Waals surface area (Å²) in [5.74, 6) is 0. The fourth-order valence-corrected chi connectivity index (χ4v) is 0.918. The molecule has 1 N–H and O–H groups in total.